The molecule has 1 aromatic rings. The number of hydrogen-bond donors (Lipinski definition) is 0. The van der Waals surface area contributed by atoms with E-state index in [1.54, 1.807) is 6.92 Å². The Kier molecular flexibility index (Phi) is 5.92. The fraction of sp³-hybridized carbons (Fsp3) is 0.562. The third kappa shape index (κ3) is 4.00. The molecule has 0 radical (unpaired) electrons. The van der Waals surface area contributed by atoms with Crippen LogP contribution >= 0.6 is 0 Å². The summed E-state index contributed by atoms with van der Waals surface area (Å²) >= 11 is 0. The number of Topliss-reactive ketones (excluding diaryl/α,β-unsaturated/α-hetero) is 1. The number of carbonyl (C=O) groups excluding carboxylic acids is 1. The van der Waals surface area contributed by atoms with Gasteiger partial charge < -0.3 is 0 Å². The Morgan fingerprint density at radius 1 is 1.11 bits per heavy atom. The van der Waals surface area contributed by atoms with Gasteiger partial charge in [0.15, 0.2) is 5.78 Å². The van der Waals surface area contributed by atoms with Gasteiger partial charge in [-0.05, 0) is 24.8 Å². The maximum atomic E-state index is 12.3. The fourth-order valence-electron chi connectivity index (χ4n) is 1.84. The van der Waals surface area contributed by atoms with E-state index in [0.717, 1.165) is 6.42 Å². The van der Waals surface area contributed by atoms with Gasteiger partial charge >= 0.3 is 0 Å². The molecule has 0 aliphatic carbocycles. The number of carbonyl (C=O) groups is 1. The molecular formula is C16H24O2S. The van der Waals surface area contributed by atoms with Gasteiger partial charge in [0.1, 0.15) is 0 Å². The first kappa shape index (κ1) is 16.1. The summed E-state index contributed by atoms with van der Waals surface area (Å²) in [7, 11) is -1.13. The molecule has 1 aromatic carbocycles. The van der Waals surface area contributed by atoms with Crippen LogP contribution in [-0.2, 0) is 17.2 Å². The van der Waals surface area contributed by atoms with Gasteiger partial charge in [-0.15, -0.1) is 0 Å². The number of rotatable bonds is 6. The molecule has 1 rings (SSSR count). The van der Waals surface area contributed by atoms with Gasteiger partial charge in [-0.3, -0.25) is 9.00 Å². The van der Waals surface area contributed by atoms with Gasteiger partial charge in [0.2, 0.25) is 0 Å². The third-order valence-electron chi connectivity index (χ3n) is 3.67. The summed E-state index contributed by atoms with van der Waals surface area (Å²) < 4.78 is 12.3. The van der Waals surface area contributed by atoms with Crippen molar-refractivity contribution in [2.24, 2.45) is 5.92 Å². The second-order valence-corrected chi connectivity index (χ2v) is 7.44. The maximum Gasteiger partial charge on any atom is 0.178 e. The highest BCUT2D eigenvalue weighted by Gasteiger charge is 2.26. The molecule has 0 aliphatic rings. The maximum absolute atomic E-state index is 12.3. The predicted molar refractivity (Wildman–Crippen MR) is 82.1 cm³/mol. The summed E-state index contributed by atoms with van der Waals surface area (Å²) in [5.41, 5.74) is 1.87. The Morgan fingerprint density at radius 3 is 2.05 bits per heavy atom. The van der Waals surface area contributed by atoms with Gasteiger partial charge in [0, 0.05) is 21.6 Å². The van der Waals surface area contributed by atoms with Crippen molar-refractivity contribution >= 4 is 16.6 Å². The highest BCUT2D eigenvalue weighted by atomic mass is 32.2. The van der Waals surface area contributed by atoms with Crippen molar-refractivity contribution in [3.63, 3.8) is 0 Å². The summed E-state index contributed by atoms with van der Waals surface area (Å²) in [6, 6.07) is 7.62. The summed E-state index contributed by atoms with van der Waals surface area (Å²) in [5.74, 6) is 0.298. The highest BCUT2D eigenvalue weighted by Crippen LogP contribution is 2.17. The van der Waals surface area contributed by atoms with Gasteiger partial charge in [0.25, 0.3) is 0 Å². The zero-order valence-electron chi connectivity index (χ0n) is 12.5. The monoisotopic (exact) mass is 280 g/mol. The van der Waals surface area contributed by atoms with Crippen molar-refractivity contribution in [3.8, 4) is 0 Å². The normalized spacial score (nSPS) is 16.1. The van der Waals surface area contributed by atoms with Crippen LogP contribution < -0.4 is 0 Å². The number of ketones is 1. The Bertz CT molecular complexity index is 448. The van der Waals surface area contributed by atoms with Crippen LogP contribution in [0.4, 0.5) is 0 Å². The Morgan fingerprint density at radius 2 is 1.63 bits per heavy atom. The number of benzene rings is 1. The lowest BCUT2D eigenvalue weighted by Crippen LogP contribution is -2.31. The minimum atomic E-state index is -1.13. The van der Waals surface area contributed by atoms with Crippen LogP contribution in [0, 0.1) is 5.92 Å². The highest BCUT2D eigenvalue weighted by molar-refractivity contribution is 7.87. The summed E-state index contributed by atoms with van der Waals surface area (Å²) in [6.07, 6.45) is 0.959. The van der Waals surface area contributed by atoms with E-state index in [-0.39, 0.29) is 11.0 Å². The van der Waals surface area contributed by atoms with Crippen molar-refractivity contribution in [2.75, 3.05) is 0 Å². The molecule has 0 aliphatic heterocycles. The molecule has 0 amide bonds. The van der Waals surface area contributed by atoms with Crippen LogP contribution in [0.2, 0.25) is 0 Å². The van der Waals surface area contributed by atoms with Gasteiger partial charge in [0.05, 0.1) is 5.25 Å². The van der Waals surface area contributed by atoms with Crippen molar-refractivity contribution in [2.45, 2.75) is 51.5 Å². The van der Waals surface area contributed by atoms with Gasteiger partial charge in [-0.2, -0.15) is 0 Å². The van der Waals surface area contributed by atoms with E-state index in [4.69, 9.17) is 0 Å². The van der Waals surface area contributed by atoms with Crippen molar-refractivity contribution in [1.29, 1.82) is 0 Å². The van der Waals surface area contributed by atoms with E-state index in [0.29, 0.717) is 11.5 Å². The van der Waals surface area contributed by atoms with Crippen LogP contribution in [0.25, 0.3) is 0 Å². The second-order valence-electron chi connectivity index (χ2n) is 5.33. The van der Waals surface area contributed by atoms with E-state index < -0.39 is 16.0 Å². The Hall–Kier alpha value is -0.960. The Balaban J connectivity index is 2.84. The minimum absolute atomic E-state index is 0.0199. The molecular weight excluding hydrogens is 256 g/mol. The summed E-state index contributed by atoms with van der Waals surface area (Å²) in [6.45, 7) is 9.88. The zero-order chi connectivity index (χ0) is 14.6. The predicted octanol–water partition coefficient (Wildman–Crippen LogP) is 3.61. The van der Waals surface area contributed by atoms with E-state index in [1.807, 2.05) is 45.0 Å². The fourth-order valence-corrected chi connectivity index (χ4v) is 3.36. The molecule has 0 aromatic heterocycles. The van der Waals surface area contributed by atoms with Crippen LogP contribution in [-0.4, -0.2) is 20.5 Å². The minimum Gasteiger partial charge on any atom is -0.293 e. The average Bonchev–Trinajstić information content (AvgIpc) is 2.44. The molecule has 106 valence electrons. The average molecular weight is 280 g/mol. The van der Waals surface area contributed by atoms with E-state index in [1.165, 1.54) is 5.56 Å². The molecule has 0 saturated carbocycles. The van der Waals surface area contributed by atoms with Crippen molar-refractivity contribution in [1.82, 2.24) is 0 Å². The lowest BCUT2D eigenvalue weighted by atomic mass is 10.1. The molecule has 0 spiro atoms. The first-order valence-corrected chi connectivity index (χ1v) is 8.18. The molecule has 0 saturated heterocycles. The summed E-state index contributed by atoms with van der Waals surface area (Å²) in [5, 5.41) is -0.404. The number of hydrogen-bond acceptors (Lipinski definition) is 2. The lowest BCUT2D eigenvalue weighted by Gasteiger charge is -2.19. The number of aryl methyl sites for hydroxylation is 1. The molecule has 2 nitrogen and oxygen atoms in total. The smallest absolute Gasteiger partial charge is 0.178 e. The molecule has 0 bridgehead atoms. The van der Waals surface area contributed by atoms with E-state index in [9.17, 15) is 9.00 Å². The van der Waals surface area contributed by atoms with Crippen LogP contribution in [0.15, 0.2) is 24.3 Å². The molecule has 0 N–H and O–H groups in total. The molecule has 3 unspecified atom stereocenters. The largest absolute Gasteiger partial charge is 0.293 e. The lowest BCUT2D eigenvalue weighted by molar-refractivity contribution is 0.0992. The molecule has 3 heteroatoms. The van der Waals surface area contributed by atoms with E-state index >= 15 is 0 Å². The van der Waals surface area contributed by atoms with Gasteiger partial charge in [-0.25, -0.2) is 0 Å². The van der Waals surface area contributed by atoms with Crippen molar-refractivity contribution < 1.29 is 9.00 Å². The van der Waals surface area contributed by atoms with E-state index in [2.05, 4.69) is 6.92 Å². The topological polar surface area (TPSA) is 34.1 Å². The first-order valence-electron chi connectivity index (χ1n) is 6.91. The first-order chi connectivity index (χ1) is 8.88. The van der Waals surface area contributed by atoms with Crippen molar-refractivity contribution in [3.05, 3.63) is 35.4 Å². The summed E-state index contributed by atoms with van der Waals surface area (Å²) in [4.78, 5) is 12.3. The molecule has 19 heavy (non-hydrogen) atoms. The third-order valence-corrected chi connectivity index (χ3v) is 5.86. The standard InChI is InChI=1S/C16H24O2S/c1-6-14-7-9-15(10-8-14)16(17)13(5)19(18)12(4)11(2)3/h7-13H,6H2,1-5H3. The zero-order valence-corrected chi connectivity index (χ0v) is 13.3. The molecule has 0 heterocycles. The quantitative estimate of drug-likeness (QED) is 0.746. The van der Waals surface area contributed by atoms with Crippen LogP contribution in [0.5, 0.6) is 0 Å². The van der Waals surface area contributed by atoms with Gasteiger partial charge in [-0.1, -0.05) is 52.0 Å². The Labute approximate surface area is 119 Å². The molecule has 0 fully saturated rings. The SMILES string of the molecule is CCc1ccc(C(=O)C(C)S(=O)C(C)C(C)C)cc1. The second kappa shape index (κ2) is 6.99. The molecule has 3 atom stereocenters. The van der Waals surface area contributed by atoms with Crippen LogP contribution in [0.3, 0.4) is 0 Å². The van der Waals surface area contributed by atoms with Crippen LogP contribution in [0.1, 0.15) is 50.5 Å².